The lowest BCUT2D eigenvalue weighted by Crippen LogP contribution is -2.65. The van der Waals surface area contributed by atoms with Crippen molar-refractivity contribution in [1.82, 2.24) is 25.2 Å². The van der Waals surface area contributed by atoms with Crippen molar-refractivity contribution in [2.75, 3.05) is 0 Å². The van der Waals surface area contributed by atoms with Crippen LogP contribution in [0.2, 0.25) is 0 Å². The first-order valence-electron chi connectivity index (χ1n) is 7.43. The van der Waals surface area contributed by atoms with E-state index in [0.717, 1.165) is 12.8 Å². The molecule has 0 bridgehead atoms. The quantitative estimate of drug-likeness (QED) is 0.852. The number of aromatic nitrogens is 3. The molecule has 0 radical (unpaired) electrons. The van der Waals surface area contributed by atoms with Crippen LogP contribution in [0.5, 0.6) is 0 Å². The average Bonchev–Trinajstić information content (AvgIpc) is 3.17. The fraction of sp³-hybridized carbons (Fsp3) is 0.714. The minimum atomic E-state index is -0.436. The Bertz CT molecular complexity index is 563. The molecule has 1 aliphatic carbocycles. The van der Waals surface area contributed by atoms with Crippen LogP contribution in [0.1, 0.15) is 32.4 Å². The predicted octanol–water partition coefficient (Wildman–Crippen LogP) is 0.0767. The van der Waals surface area contributed by atoms with E-state index in [-0.39, 0.29) is 23.8 Å². The van der Waals surface area contributed by atoms with E-state index in [1.165, 1.54) is 0 Å². The van der Waals surface area contributed by atoms with E-state index in [1.54, 1.807) is 22.8 Å². The fourth-order valence-electron chi connectivity index (χ4n) is 2.99. The third kappa shape index (κ3) is 2.64. The number of rotatable bonds is 4. The van der Waals surface area contributed by atoms with Crippen LogP contribution in [0.25, 0.3) is 0 Å². The van der Waals surface area contributed by atoms with Gasteiger partial charge in [0.25, 0.3) is 0 Å². The summed E-state index contributed by atoms with van der Waals surface area (Å²) in [6.45, 7) is 4.25. The molecule has 0 spiro atoms. The summed E-state index contributed by atoms with van der Waals surface area (Å²) in [6.07, 6.45) is 3.81. The number of hydrogen-bond donors (Lipinski definition) is 1. The van der Waals surface area contributed by atoms with Gasteiger partial charge in [-0.15, -0.1) is 5.10 Å². The van der Waals surface area contributed by atoms with Gasteiger partial charge in [-0.2, -0.15) is 0 Å². The Morgan fingerprint density at radius 2 is 2.10 bits per heavy atom. The molecule has 2 atom stereocenters. The molecule has 1 aromatic rings. The second kappa shape index (κ2) is 5.13. The number of amides is 2. The largest absolute Gasteiger partial charge is 0.342 e. The van der Waals surface area contributed by atoms with Crippen molar-refractivity contribution in [2.24, 2.45) is 18.9 Å². The summed E-state index contributed by atoms with van der Waals surface area (Å²) >= 11 is 0. The zero-order valence-corrected chi connectivity index (χ0v) is 12.6. The van der Waals surface area contributed by atoms with Crippen molar-refractivity contribution in [3.63, 3.8) is 0 Å². The smallest absolute Gasteiger partial charge is 0.246 e. The third-order valence-electron chi connectivity index (χ3n) is 4.16. The van der Waals surface area contributed by atoms with Crippen molar-refractivity contribution in [2.45, 2.75) is 45.3 Å². The van der Waals surface area contributed by atoms with Crippen LogP contribution in [-0.4, -0.2) is 43.8 Å². The minimum absolute atomic E-state index is 0.0152. The zero-order valence-electron chi connectivity index (χ0n) is 12.6. The van der Waals surface area contributed by atoms with Crippen LogP contribution in [0.4, 0.5) is 0 Å². The molecule has 2 aliphatic rings. The van der Waals surface area contributed by atoms with Gasteiger partial charge in [-0.05, 0) is 24.7 Å². The van der Waals surface area contributed by atoms with Crippen LogP contribution < -0.4 is 5.32 Å². The highest BCUT2D eigenvalue weighted by atomic mass is 16.2. The van der Waals surface area contributed by atoms with Gasteiger partial charge in [0.15, 0.2) is 0 Å². The number of nitrogens with one attached hydrogen (secondary N) is 1. The first-order chi connectivity index (χ1) is 9.97. The van der Waals surface area contributed by atoms with Crippen molar-refractivity contribution in [1.29, 1.82) is 0 Å². The van der Waals surface area contributed by atoms with Gasteiger partial charge in [0.2, 0.25) is 11.8 Å². The Kier molecular flexibility index (Phi) is 3.43. The molecule has 2 heterocycles. The molecule has 7 heteroatoms. The summed E-state index contributed by atoms with van der Waals surface area (Å²) in [5, 5.41) is 10.8. The fourth-order valence-corrected chi connectivity index (χ4v) is 2.99. The first kappa shape index (κ1) is 14.0. The molecule has 2 unspecified atom stereocenters. The number of aryl methyl sites for hydroxylation is 1. The Balaban J connectivity index is 1.86. The molecule has 1 aliphatic heterocycles. The summed E-state index contributed by atoms with van der Waals surface area (Å²) < 4.78 is 1.60. The highest BCUT2D eigenvalue weighted by molar-refractivity contribution is 5.97. The number of hydrogen-bond acceptors (Lipinski definition) is 4. The third-order valence-corrected chi connectivity index (χ3v) is 4.16. The summed E-state index contributed by atoms with van der Waals surface area (Å²) in [7, 11) is 1.79. The van der Waals surface area contributed by atoms with Gasteiger partial charge < -0.3 is 10.2 Å². The molecular weight excluding hydrogens is 270 g/mol. The summed E-state index contributed by atoms with van der Waals surface area (Å²) in [6, 6.07) is -0.793. The number of piperazine rings is 1. The van der Waals surface area contributed by atoms with Gasteiger partial charge in [-0.1, -0.05) is 19.1 Å². The average molecular weight is 291 g/mol. The van der Waals surface area contributed by atoms with E-state index in [9.17, 15) is 9.59 Å². The normalized spacial score (nSPS) is 26.4. The topological polar surface area (TPSA) is 80.1 Å². The lowest BCUT2D eigenvalue weighted by Gasteiger charge is -2.40. The van der Waals surface area contributed by atoms with Gasteiger partial charge in [0.1, 0.15) is 17.8 Å². The summed E-state index contributed by atoms with van der Waals surface area (Å²) in [5.41, 5.74) is 0.709. The SMILES string of the molecule is CC(C)C1C(=O)NC(C2CC2)C(=O)N1Cc1cn(C)nn1. The van der Waals surface area contributed by atoms with E-state index < -0.39 is 6.04 Å². The van der Waals surface area contributed by atoms with Crippen LogP contribution in [-0.2, 0) is 23.2 Å². The van der Waals surface area contributed by atoms with Crippen molar-refractivity contribution < 1.29 is 9.59 Å². The van der Waals surface area contributed by atoms with Crippen molar-refractivity contribution in [3.8, 4) is 0 Å². The van der Waals surface area contributed by atoms with E-state index in [2.05, 4.69) is 15.6 Å². The van der Waals surface area contributed by atoms with E-state index in [0.29, 0.717) is 18.2 Å². The number of nitrogens with zero attached hydrogens (tertiary/aromatic N) is 4. The second-order valence-electron chi connectivity index (χ2n) is 6.36. The van der Waals surface area contributed by atoms with Crippen LogP contribution in [0.15, 0.2) is 6.20 Å². The molecule has 114 valence electrons. The van der Waals surface area contributed by atoms with Gasteiger partial charge in [0, 0.05) is 13.2 Å². The monoisotopic (exact) mass is 291 g/mol. The van der Waals surface area contributed by atoms with Gasteiger partial charge in [-0.25, -0.2) is 0 Å². The molecule has 3 rings (SSSR count). The highest BCUT2D eigenvalue weighted by Crippen LogP contribution is 2.36. The predicted molar refractivity (Wildman–Crippen MR) is 74.8 cm³/mol. The van der Waals surface area contributed by atoms with E-state index >= 15 is 0 Å². The van der Waals surface area contributed by atoms with E-state index in [4.69, 9.17) is 0 Å². The molecular formula is C14H21N5O2. The van der Waals surface area contributed by atoms with Gasteiger partial charge >= 0.3 is 0 Å². The molecule has 21 heavy (non-hydrogen) atoms. The Labute approximate surface area is 123 Å². The van der Waals surface area contributed by atoms with E-state index in [1.807, 2.05) is 13.8 Å². The molecule has 1 N–H and O–H groups in total. The molecule has 1 saturated carbocycles. The highest BCUT2D eigenvalue weighted by Gasteiger charge is 2.47. The Morgan fingerprint density at radius 3 is 2.62 bits per heavy atom. The molecule has 0 aromatic carbocycles. The number of carbonyl (C=O) groups is 2. The van der Waals surface area contributed by atoms with Crippen LogP contribution in [0.3, 0.4) is 0 Å². The van der Waals surface area contributed by atoms with Gasteiger partial charge in [-0.3, -0.25) is 14.3 Å². The van der Waals surface area contributed by atoms with Crippen LogP contribution in [0, 0.1) is 11.8 Å². The van der Waals surface area contributed by atoms with Crippen molar-refractivity contribution in [3.05, 3.63) is 11.9 Å². The Morgan fingerprint density at radius 1 is 1.38 bits per heavy atom. The summed E-state index contributed by atoms with van der Waals surface area (Å²) in [4.78, 5) is 26.8. The van der Waals surface area contributed by atoms with Crippen molar-refractivity contribution >= 4 is 11.8 Å². The maximum Gasteiger partial charge on any atom is 0.246 e. The molecule has 2 fully saturated rings. The molecule has 1 aromatic heterocycles. The zero-order chi connectivity index (χ0) is 15.1. The van der Waals surface area contributed by atoms with Gasteiger partial charge in [0.05, 0.1) is 6.54 Å². The number of carbonyl (C=O) groups excluding carboxylic acids is 2. The maximum atomic E-state index is 12.7. The maximum absolute atomic E-state index is 12.7. The lowest BCUT2D eigenvalue weighted by molar-refractivity contribution is -0.152. The molecule has 1 saturated heterocycles. The summed E-state index contributed by atoms with van der Waals surface area (Å²) in [5.74, 6) is 0.330. The molecule has 2 amide bonds. The van der Waals surface area contributed by atoms with Crippen LogP contribution >= 0.6 is 0 Å². The minimum Gasteiger partial charge on any atom is -0.342 e. The standard InChI is InChI=1S/C14H21N5O2/c1-8(2)12-13(20)15-11(9-4-5-9)14(21)19(12)7-10-6-18(3)17-16-10/h6,8-9,11-12H,4-5,7H2,1-3H3,(H,15,20). The Hall–Kier alpha value is -1.92. The first-order valence-corrected chi connectivity index (χ1v) is 7.43. The molecule has 7 nitrogen and oxygen atoms in total. The second-order valence-corrected chi connectivity index (χ2v) is 6.36. The lowest BCUT2D eigenvalue weighted by atomic mass is 9.95.